The van der Waals surface area contributed by atoms with E-state index in [9.17, 15) is 9.59 Å². The lowest BCUT2D eigenvalue weighted by Gasteiger charge is -2.32. The molecule has 0 atom stereocenters. The number of piperazine rings is 2. The largest absolute Gasteiger partial charge is 0.351 e. The molecule has 6 rings (SSSR count). The molecule has 2 aliphatic heterocycles. The first-order valence-corrected chi connectivity index (χ1v) is 14.0. The number of amides is 2. The van der Waals surface area contributed by atoms with Crippen molar-refractivity contribution in [1.29, 1.82) is 0 Å². The quantitative estimate of drug-likeness (QED) is 0.342. The number of benzene rings is 2. The fourth-order valence-corrected chi connectivity index (χ4v) is 5.48. The van der Waals surface area contributed by atoms with E-state index in [0.717, 1.165) is 74.2 Å². The number of nitrogens with zero attached hydrogens (tertiary/aromatic N) is 4. The molecule has 4 aromatic rings. The fraction of sp³-hybridized carbons (Fsp3) is 0.357. The van der Waals surface area contributed by atoms with Gasteiger partial charge in [0.1, 0.15) is 11.4 Å². The molecular formula is C28H31Cl3N6O2. The van der Waals surface area contributed by atoms with E-state index in [1.54, 1.807) is 12.1 Å². The minimum Gasteiger partial charge on any atom is -0.351 e. The average molecular weight is 590 g/mol. The molecule has 2 aliphatic rings. The highest BCUT2D eigenvalue weighted by Crippen LogP contribution is 2.30. The van der Waals surface area contributed by atoms with Gasteiger partial charge in [-0.2, -0.15) is 0 Å². The van der Waals surface area contributed by atoms with E-state index in [0.29, 0.717) is 26.5 Å². The van der Waals surface area contributed by atoms with Crippen LogP contribution in [0.2, 0.25) is 15.1 Å². The highest BCUT2D eigenvalue weighted by atomic mass is 35.5. The molecule has 39 heavy (non-hydrogen) atoms. The van der Waals surface area contributed by atoms with Crippen LogP contribution in [-0.4, -0.2) is 108 Å². The molecule has 2 fully saturated rings. The minimum atomic E-state index is -0.0459. The molecule has 0 bridgehead atoms. The van der Waals surface area contributed by atoms with Gasteiger partial charge in [0.15, 0.2) is 0 Å². The van der Waals surface area contributed by atoms with Gasteiger partial charge in [0.2, 0.25) is 0 Å². The second kappa shape index (κ2) is 11.8. The zero-order valence-corrected chi connectivity index (χ0v) is 24.2. The van der Waals surface area contributed by atoms with Crippen LogP contribution >= 0.6 is 34.8 Å². The predicted octanol–water partition coefficient (Wildman–Crippen LogP) is 5.07. The lowest BCUT2D eigenvalue weighted by atomic mass is 10.2. The maximum Gasteiger partial charge on any atom is 0.271 e. The van der Waals surface area contributed by atoms with Crippen LogP contribution in [0.5, 0.6) is 0 Å². The summed E-state index contributed by atoms with van der Waals surface area (Å²) < 4.78 is 0. The van der Waals surface area contributed by atoms with Crippen molar-refractivity contribution >= 4 is 68.4 Å². The van der Waals surface area contributed by atoms with Crippen molar-refractivity contribution in [3.05, 3.63) is 68.9 Å². The summed E-state index contributed by atoms with van der Waals surface area (Å²) >= 11 is 18.3. The normalized spacial score (nSPS) is 16.9. The topological polar surface area (TPSA) is 78.7 Å². The number of aromatic nitrogens is 2. The summed E-state index contributed by atoms with van der Waals surface area (Å²) in [5.41, 5.74) is 2.87. The molecule has 206 valence electrons. The van der Waals surface area contributed by atoms with Gasteiger partial charge in [0.05, 0.1) is 5.02 Å². The van der Waals surface area contributed by atoms with Crippen LogP contribution in [0.4, 0.5) is 0 Å². The Hall–Kier alpha value is -2.75. The van der Waals surface area contributed by atoms with Crippen molar-refractivity contribution in [2.75, 3.05) is 66.5 Å². The van der Waals surface area contributed by atoms with Gasteiger partial charge < -0.3 is 29.6 Å². The number of likely N-dealkylation sites (N-methyl/N-ethyl adjacent to an activating group) is 2. The molecule has 2 aromatic carbocycles. The molecule has 0 saturated carbocycles. The van der Waals surface area contributed by atoms with Crippen molar-refractivity contribution < 1.29 is 9.59 Å². The van der Waals surface area contributed by atoms with Gasteiger partial charge in [-0.05, 0) is 56.6 Å². The first kappa shape index (κ1) is 27.8. The maximum absolute atomic E-state index is 12.5. The lowest BCUT2D eigenvalue weighted by Crippen LogP contribution is -2.47. The Morgan fingerprint density at radius 3 is 1.82 bits per heavy atom. The standard InChI is InChI=1S/C14H15Cl2N3O.C14H16ClN3O/c1-18-4-6-19(7-5-18)14(20)13-12(16)10-8-9(15)2-3-11(10)17-13;1-17-4-6-18(7-5-17)14(19)13-9-10-8-11(15)2-3-12(10)16-13/h2-3,8,17H,4-7H2,1H3;2-3,8-9,16H,4-7H2,1H3. The molecule has 2 aromatic heterocycles. The number of hydrogen-bond donors (Lipinski definition) is 2. The zero-order valence-electron chi connectivity index (χ0n) is 21.9. The first-order valence-electron chi connectivity index (χ1n) is 12.9. The molecule has 8 nitrogen and oxygen atoms in total. The summed E-state index contributed by atoms with van der Waals surface area (Å²) in [6.07, 6.45) is 0. The molecule has 0 unspecified atom stereocenters. The van der Waals surface area contributed by atoms with Crippen LogP contribution in [-0.2, 0) is 0 Å². The summed E-state index contributed by atoms with van der Waals surface area (Å²) in [7, 11) is 4.13. The lowest BCUT2D eigenvalue weighted by molar-refractivity contribution is 0.0652. The zero-order chi connectivity index (χ0) is 27.7. The van der Waals surface area contributed by atoms with Crippen LogP contribution in [0.3, 0.4) is 0 Å². The van der Waals surface area contributed by atoms with Gasteiger partial charge >= 0.3 is 0 Å². The van der Waals surface area contributed by atoms with Crippen molar-refractivity contribution in [2.24, 2.45) is 0 Å². The maximum atomic E-state index is 12.5. The van der Waals surface area contributed by atoms with Crippen molar-refractivity contribution in [1.82, 2.24) is 29.6 Å². The van der Waals surface area contributed by atoms with E-state index < -0.39 is 0 Å². The Bertz CT molecular complexity index is 1500. The number of fused-ring (bicyclic) bond motifs is 2. The van der Waals surface area contributed by atoms with E-state index in [1.807, 2.05) is 40.1 Å². The third kappa shape index (κ3) is 6.21. The third-order valence-electron chi connectivity index (χ3n) is 7.31. The summed E-state index contributed by atoms with van der Waals surface area (Å²) in [6.45, 7) is 6.64. The Morgan fingerprint density at radius 1 is 0.667 bits per heavy atom. The second-order valence-corrected chi connectivity index (χ2v) is 11.4. The van der Waals surface area contributed by atoms with Gasteiger partial charge in [-0.1, -0.05) is 34.8 Å². The molecule has 4 heterocycles. The van der Waals surface area contributed by atoms with Crippen molar-refractivity contribution in [2.45, 2.75) is 0 Å². The monoisotopic (exact) mass is 588 g/mol. The average Bonchev–Trinajstić information content (AvgIpc) is 3.49. The first-order chi connectivity index (χ1) is 18.7. The number of carbonyl (C=O) groups excluding carboxylic acids is 2. The smallest absolute Gasteiger partial charge is 0.271 e. The number of hydrogen-bond acceptors (Lipinski definition) is 4. The summed E-state index contributed by atoms with van der Waals surface area (Å²) in [4.78, 5) is 39.4. The Kier molecular flexibility index (Phi) is 8.40. The van der Waals surface area contributed by atoms with Crippen LogP contribution < -0.4 is 0 Å². The molecule has 0 spiro atoms. The molecule has 2 N–H and O–H groups in total. The van der Waals surface area contributed by atoms with Crippen molar-refractivity contribution in [3.8, 4) is 0 Å². The van der Waals surface area contributed by atoms with Gasteiger partial charge in [-0.3, -0.25) is 9.59 Å². The highest BCUT2D eigenvalue weighted by molar-refractivity contribution is 6.39. The Morgan fingerprint density at radius 2 is 1.21 bits per heavy atom. The number of H-pyrrole nitrogens is 2. The molecule has 11 heteroatoms. The number of carbonyl (C=O) groups is 2. The van der Waals surface area contributed by atoms with Crippen LogP contribution in [0.25, 0.3) is 21.8 Å². The van der Waals surface area contributed by atoms with Gasteiger partial charge in [-0.25, -0.2) is 0 Å². The number of rotatable bonds is 2. The Labute approximate surface area is 242 Å². The number of halogens is 3. The van der Waals surface area contributed by atoms with E-state index >= 15 is 0 Å². The van der Waals surface area contributed by atoms with Crippen LogP contribution in [0.1, 0.15) is 21.0 Å². The summed E-state index contributed by atoms with van der Waals surface area (Å²) in [6, 6.07) is 12.9. The molecule has 0 aliphatic carbocycles. The van der Waals surface area contributed by atoms with Crippen molar-refractivity contribution in [3.63, 3.8) is 0 Å². The number of nitrogens with one attached hydrogen (secondary N) is 2. The van der Waals surface area contributed by atoms with Gasteiger partial charge in [0, 0.05) is 84.2 Å². The van der Waals surface area contributed by atoms with E-state index in [-0.39, 0.29) is 11.8 Å². The predicted molar refractivity (Wildman–Crippen MR) is 158 cm³/mol. The SMILES string of the molecule is CN1CCN(C(=O)c2[nH]c3ccc(Cl)cc3c2Cl)CC1.CN1CCN(C(=O)c2cc3cc(Cl)ccc3[nH]2)CC1. The molecular weight excluding hydrogens is 559 g/mol. The van der Waals surface area contributed by atoms with Gasteiger partial charge in [-0.15, -0.1) is 0 Å². The number of aromatic amines is 2. The second-order valence-electron chi connectivity index (χ2n) is 10.1. The minimum absolute atomic E-state index is 0.0459. The third-order valence-corrected chi connectivity index (χ3v) is 8.17. The van der Waals surface area contributed by atoms with E-state index in [1.165, 1.54) is 0 Å². The summed E-state index contributed by atoms with van der Waals surface area (Å²) in [5.74, 6) is 0.0239. The molecule has 0 radical (unpaired) electrons. The highest BCUT2D eigenvalue weighted by Gasteiger charge is 2.25. The fourth-order valence-electron chi connectivity index (χ4n) is 4.84. The molecule has 2 amide bonds. The molecule has 2 saturated heterocycles. The van der Waals surface area contributed by atoms with Crippen LogP contribution in [0, 0.1) is 0 Å². The van der Waals surface area contributed by atoms with Gasteiger partial charge in [0.25, 0.3) is 11.8 Å². The van der Waals surface area contributed by atoms with E-state index in [2.05, 4.69) is 33.9 Å². The van der Waals surface area contributed by atoms with Crippen LogP contribution in [0.15, 0.2) is 42.5 Å². The van der Waals surface area contributed by atoms with E-state index in [4.69, 9.17) is 34.8 Å². The summed E-state index contributed by atoms with van der Waals surface area (Å²) in [5, 5.41) is 3.51. The Balaban J connectivity index is 0.000000158.